The highest BCUT2D eigenvalue weighted by atomic mass is 32.2. The van der Waals surface area contributed by atoms with E-state index in [-0.39, 0.29) is 22.2 Å². The fourth-order valence-electron chi connectivity index (χ4n) is 2.78. The van der Waals surface area contributed by atoms with Gasteiger partial charge in [-0.15, -0.1) is 11.8 Å². The van der Waals surface area contributed by atoms with Crippen LogP contribution in [0, 0.1) is 16.2 Å². The molecule has 0 N–H and O–H groups in total. The second-order valence-electron chi connectivity index (χ2n) is 8.06. The molecule has 2 nitrogen and oxygen atoms in total. The molecular weight excluding hydrogens is 312 g/mol. The molecule has 0 aromatic heterocycles. The average molecular weight is 347 g/mol. The van der Waals surface area contributed by atoms with Crippen molar-refractivity contribution < 1.29 is 9.53 Å². The van der Waals surface area contributed by atoms with Crippen LogP contribution in [0.4, 0.5) is 0 Å². The summed E-state index contributed by atoms with van der Waals surface area (Å²) < 4.78 is 5.92. The number of esters is 1. The minimum atomic E-state index is -0.448. The smallest absolute Gasteiger partial charge is 0.313 e. The Labute approximate surface area is 145 Å². The van der Waals surface area contributed by atoms with E-state index in [0.29, 0.717) is 0 Å². The lowest BCUT2D eigenvalue weighted by atomic mass is 9.59. The number of hydrogen-bond donors (Lipinski definition) is 0. The van der Waals surface area contributed by atoms with Gasteiger partial charge in [-0.1, -0.05) is 54.4 Å². The average Bonchev–Trinajstić information content (AvgIpc) is 2.46. The van der Waals surface area contributed by atoms with Crippen molar-refractivity contribution in [2.45, 2.75) is 73.2 Å². The van der Waals surface area contributed by atoms with Crippen LogP contribution in [-0.4, -0.2) is 28.7 Å². The van der Waals surface area contributed by atoms with Crippen molar-refractivity contribution in [2.75, 3.05) is 17.3 Å². The van der Waals surface area contributed by atoms with Gasteiger partial charge in [-0.2, -0.15) is 11.8 Å². The number of hydrogen-bond acceptors (Lipinski definition) is 4. The van der Waals surface area contributed by atoms with Gasteiger partial charge < -0.3 is 4.74 Å². The van der Waals surface area contributed by atoms with Gasteiger partial charge in [0, 0.05) is 17.3 Å². The lowest BCUT2D eigenvalue weighted by molar-refractivity contribution is -0.166. The van der Waals surface area contributed by atoms with Gasteiger partial charge in [0.1, 0.15) is 0 Å². The molecule has 4 heteroatoms. The molecule has 1 fully saturated rings. The molecule has 0 aliphatic carbocycles. The van der Waals surface area contributed by atoms with Crippen LogP contribution in [0.15, 0.2) is 0 Å². The molecule has 0 spiro atoms. The van der Waals surface area contributed by atoms with E-state index in [1.54, 1.807) is 11.8 Å². The Kier molecular flexibility index (Phi) is 7.19. The monoisotopic (exact) mass is 346 g/mol. The predicted octanol–water partition coefficient (Wildman–Crippen LogP) is 5.60. The third-order valence-electron chi connectivity index (χ3n) is 5.62. The molecule has 2 unspecified atom stereocenters. The molecule has 0 aromatic carbocycles. The summed E-state index contributed by atoms with van der Waals surface area (Å²) in [5.41, 5.74) is -0.337. The van der Waals surface area contributed by atoms with Crippen LogP contribution in [0.2, 0.25) is 0 Å². The van der Waals surface area contributed by atoms with Gasteiger partial charge in [0.2, 0.25) is 0 Å². The minimum absolute atomic E-state index is 0.00637. The van der Waals surface area contributed by atoms with Crippen LogP contribution >= 0.6 is 23.5 Å². The fraction of sp³-hybridized carbons (Fsp3) is 0.944. The predicted molar refractivity (Wildman–Crippen MR) is 101 cm³/mol. The van der Waals surface area contributed by atoms with E-state index in [4.69, 9.17) is 4.74 Å². The van der Waals surface area contributed by atoms with E-state index in [1.165, 1.54) is 5.75 Å². The molecule has 1 rings (SSSR count). The maximum Gasteiger partial charge on any atom is 0.313 e. The van der Waals surface area contributed by atoms with Gasteiger partial charge >= 0.3 is 5.97 Å². The summed E-state index contributed by atoms with van der Waals surface area (Å²) in [5.74, 6) is 3.17. The largest absolute Gasteiger partial charge is 0.450 e. The molecule has 1 saturated heterocycles. The molecule has 1 aliphatic heterocycles. The zero-order valence-corrected chi connectivity index (χ0v) is 17.1. The van der Waals surface area contributed by atoms with Crippen LogP contribution in [0.25, 0.3) is 0 Å². The molecule has 1 heterocycles. The maximum atomic E-state index is 13.0. The van der Waals surface area contributed by atoms with Crippen LogP contribution in [-0.2, 0) is 9.53 Å². The first-order valence-electron chi connectivity index (χ1n) is 8.48. The zero-order valence-electron chi connectivity index (χ0n) is 15.5. The van der Waals surface area contributed by atoms with Gasteiger partial charge in [0.15, 0.2) is 5.44 Å². The number of ether oxygens (including phenoxy) is 1. The highest BCUT2D eigenvalue weighted by Gasteiger charge is 2.49. The molecule has 130 valence electrons. The van der Waals surface area contributed by atoms with E-state index in [9.17, 15) is 4.79 Å². The van der Waals surface area contributed by atoms with Gasteiger partial charge in [-0.05, 0) is 24.2 Å². The quantitative estimate of drug-likeness (QED) is 0.584. The molecule has 1 aliphatic rings. The van der Waals surface area contributed by atoms with Crippen LogP contribution in [0.3, 0.4) is 0 Å². The fourth-order valence-corrected chi connectivity index (χ4v) is 5.16. The normalized spacial score (nSPS) is 23.0. The summed E-state index contributed by atoms with van der Waals surface area (Å²) in [6.45, 7) is 15.4. The zero-order chi connectivity index (χ0) is 17.0. The van der Waals surface area contributed by atoms with Gasteiger partial charge in [0.05, 0.1) is 5.41 Å². The molecule has 22 heavy (non-hydrogen) atoms. The van der Waals surface area contributed by atoms with Crippen molar-refractivity contribution in [1.29, 1.82) is 0 Å². The van der Waals surface area contributed by atoms with E-state index in [1.807, 2.05) is 11.8 Å². The third kappa shape index (κ3) is 4.83. The molecular formula is C18H34O2S2. The maximum absolute atomic E-state index is 13.0. The van der Waals surface area contributed by atoms with Crippen molar-refractivity contribution in [1.82, 2.24) is 0 Å². The second kappa shape index (κ2) is 7.83. The summed E-state index contributed by atoms with van der Waals surface area (Å²) in [7, 11) is 0. The number of carbonyl (C=O) groups excluding carboxylic acids is 1. The number of rotatable bonds is 6. The van der Waals surface area contributed by atoms with Crippen molar-refractivity contribution in [3.63, 3.8) is 0 Å². The Morgan fingerprint density at radius 2 is 1.68 bits per heavy atom. The molecule has 0 saturated carbocycles. The highest BCUT2D eigenvalue weighted by Crippen LogP contribution is 2.50. The Bertz CT molecular complexity index is 366. The first-order valence-corrected chi connectivity index (χ1v) is 10.7. The van der Waals surface area contributed by atoms with Gasteiger partial charge in [-0.3, -0.25) is 4.79 Å². The minimum Gasteiger partial charge on any atom is -0.450 e. The molecule has 0 bridgehead atoms. The van der Waals surface area contributed by atoms with Gasteiger partial charge in [-0.25, -0.2) is 0 Å². The molecule has 2 atom stereocenters. The summed E-state index contributed by atoms with van der Waals surface area (Å²) in [6.07, 6.45) is 3.08. The van der Waals surface area contributed by atoms with Gasteiger partial charge in [0.25, 0.3) is 0 Å². The van der Waals surface area contributed by atoms with Crippen LogP contribution in [0.1, 0.15) is 67.7 Å². The van der Waals surface area contributed by atoms with Crippen LogP contribution in [0.5, 0.6) is 0 Å². The summed E-state index contributed by atoms with van der Waals surface area (Å²) in [5, 5.41) is 0. The first kappa shape index (κ1) is 20.2. The Morgan fingerprint density at radius 3 is 2.09 bits per heavy atom. The molecule has 0 aromatic rings. The number of carbonyl (C=O) groups is 1. The third-order valence-corrected chi connectivity index (χ3v) is 8.19. The topological polar surface area (TPSA) is 26.3 Å². The van der Waals surface area contributed by atoms with Crippen molar-refractivity contribution >= 4 is 29.5 Å². The van der Waals surface area contributed by atoms with E-state index < -0.39 is 5.41 Å². The second-order valence-corrected chi connectivity index (χ2v) is 10.5. The Balaban J connectivity index is 2.93. The Morgan fingerprint density at radius 1 is 1.09 bits per heavy atom. The lowest BCUT2D eigenvalue weighted by Gasteiger charge is -2.45. The first-order chi connectivity index (χ1) is 10.1. The lowest BCUT2D eigenvalue weighted by Crippen LogP contribution is -2.46. The van der Waals surface area contributed by atoms with Crippen molar-refractivity contribution in [3.8, 4) is 0 Å². The van der Waals surface area contributed by atoms with Crippen molar-refractivity contribution in [3.05, 3.63) is 0 Å². The standard InChI is InChI=1S/C18H34O2S2/c1-8-17(6,9-2)13-18(7,16(3,4)5)15(19)20-14-12-21-10-11-22-14/h14H,8-13H2,1-7H3. The highest BCUT2D eigenvalue weighted by molar-refractivity contribution is 8.06. The van der Waals surface area contributed by atoms with Crippen LogP contribution < -0.4 is 0 Å². The SMILES string of the molecule is CCC(C)(CC)CC(C)(C(=O)OC1CSCCS1)C(C)(C)C. The Hall–Kier alpha value is 0.170. The van der Waals surface area contributed by atoms with E-state index >= 15 is 0 Å². The van der Waals surface area contributed by atoms with E-state index in [0.717, 1.165) is 30.8 Å². The number of thioether (sulfide) groups is 2. The summed E-state index contributed by atoms with van der Waals surface area (Å²) >= 11 is 3.67. The molecule has 0 amide bonds. The molecule has 0 radical (unpaired) electrons. The van der Waals surface area contributed by atoms with Crippen molar-refractivity contribution in [2.24, 2.45) is 16.2 Å². The summed E-state index contributed by atoms with van der Waals surface area (Å²) in [4.78, 5) is 13.0. The van der Waals surface area contributed by atoms with E-state index in [2.05, 4.69) is 48.5 Å². The summed E-state index contributed by atoms with van der Waals surface area (Å²) in [6, 6.07) is 0.